The fourth-order valence-electron chi connectivity index (χ4n) is 4.05. The molecule has 6 rings (SSSR count). The van der Waals surface area contributed by atoms with E-state index < -0.39 is 0 Å². The van der Waals surface area contributed by atoms with Gasteiger partial charge in [-0.25, -0.2) is 19.6 Å². The van der Waals surface area contributed by atoms with E-state index in [2.05, 4.69) is 30.3 Å². The zero-order valence-corrected chi connectivity index (χ0v) is 19.7. The Kier molecular flexibility index (Phi) is 5.84. The summed E-state index contributed by atoms with van der Waals surface area (Å²) < 4.78 is 12.3. The Labute approximate surface area is 207 Å². The summed E-state index contributed by atoms with van der Waals surface area (Å²) in [6, 6.07) is 17.8. The molecular weight excluding hydrogens is 456 g/mol. The molecule has 0 bridgehead atoms. The van der Waals surface area contributed by atoms with E-state index in [1.807, 2.05) is 60.8 Å². The molecule has 36 heavy (non-hydrogen) atoms. The average molecular weight is 481 g/mol. The maximum Gasteiger partial charge on any atom is 0.245 e. The molecule has 1 fully saturated rings. The van der Waals surface area contributed by atoms with E-state index in [-0.39, 0.29) is 0 Å². The van der Waals surface area contributed by atoms with Gasteiger partial charge in [-0.1, -0.05) is 12.1 Å². The lowest BCUT2D eigenvalue weighted by Crippen LogP contribution is -2.37. The number of fused-ring (bicyclic) bond motifs is 1. The van der Waals surface area contributed by atoms with Crippen molar-refractivity contribution in [2.24, 2.45) is 0 Å². The summed E-state index contributed by atoms with van der Waals surface area (Å²) in [7, 11) is 1.61. The second-order valence-electron chi connectivity index (χ2n) is 8.32. The molecule has 0 radical (unpaired) electrons. The van der Waals surface area contributed by atoms with Gasteiger partial charge in [0.05, 0.1) is 31.5 Å². The number of hydrogen-bond acceptors (Lipinski definition) is 9. The quantitative estimate of drug-likeness (QED) is 0.388. The average Bonchev–Trinajstić information content (AvgIpc) is 3.44. The Balaban J connectivity index is 1.18. The Hall–Kier alpha value is -4.57. The van der Waals surface area contributed by atoms with Crippen molar-refractivity contribution < 1.29 is 9.47 Å². The minimum absolute atomic E-state index is 0.524. The van der Waals surface area contributed by atoms with Gasteiger partial charge >= 0.3 is 0 Å². The van der Waals surface area contributed by atoms with Crippen LogP contribution in [0.25, 0.3) is 27.7 Å². The van der Waals surface area contributed by atoms with Crippen molar-refractivity contribution >= 4 is 28.5 Å². The molecule has 1 N–H and O–H groups in total. The van der Waals surface area contributed by atoms with E-state index in [0.29, 0.717) is 25.0 Å². The summed E-state index contributed by atoms with van der Waals surface area (Å²) >= 11 is 0. The van der Waals surface area contributed by atoms with Crippen molar-refractivity contribution in [1.82, 2.24) is 29.7 Å². The van der Waals surface area contributed by atoms with Gasteiger partial charge in [0.15, 0.2) is 0 Å². The van der Waals surface area contributed by atoms with Crippen LogP contribution in [0.4, 0.5) is 17.6 Å². The zero-order chi connectivity index (χ0) is 24.3. The molecule has 1 aliphatic rings. The first kappa shape index (κ1) is 21.9. The van der Waals surface area contributed by atoms with Gasteiger partial charge in [0.1, 0.15) is 6.33 Å². The van der Waals surface area contributed by atoms with E-state index in [1.54, 1.807) is 24.3 Å². The number of anilines is 3. The molecule has 0 aliphatic carbocycles. The first-order chi connectivity index (χ1) is 17.7. The predicted octanol–water partition coefficient (Wildman–Crippen LogP) is 3.86. The molecule has 180 valence electrons. The molecule has 0 spiro atoms. The minimum atomic E-state index is 0.524. The number of nitrogens with zero attached hydrogens (tertiary/aromatic N) is 7. The summed E-state index contributed by atoms with van der Waals surface area (Å²) in [6.45, 7) is 3.01. The molecule has 5 aromatic rings. The Bertz CT molecular complexity index is 1480. The molecule has 10 heteroatoms. The predicted molar refractivity (Wildman–Crippen MR) is 137 cm³/mol. The summed E-state index contributed by atoms with van der Waals surface area (Å²) in [5.74, 6) is 1.83. The monoisotopic (exact) mass is 480 g/mol. The molecule has 2 aromatic carbocycles. The standard InChI is InChI=1S/C26H24N8O2/c1-35-24-9-4-19(15-27-24)18-2-3-20-16-28-25(31-23(20)14-18)30-21-5-7-22(8-6-21)34-17-29-26(32-34)33-10-12-36-13-11-33/h2-9,14-17H,10-13H2,1H3,(H,28,30,31). The van der Waals surface area contributed by atoms with Crippen LogP contribution in [0, 0.1) is 0 Å². The van der Waals surface area contributed by atoms with Crippen molar-refractivity contribution in [2.45, 2.75) is 0 Å². The van der Waals surface area contributed by atoms with Crippen molar-refractivity contribution in [3.8, 4) is 22.7 Å². The molecule has 10 nitrogen and oxygen atoms in total. The molecule has 0 unspecified atom stereocenters. The highest BCUT2D eigenvalue weighted by Gasteiger charge is 2.15. The molecule has 4 heterocycles. The molecule has 0 amide bonds. The molecule has 3 aromatic heterocycles. The van der Waals surface area contributed by atoms with Crippen LogP contribution in [-0.2, 0) is 4.74 Å². The number of rotatable bonds is 6. The van der Waals surface area contributed by atoms with Crippen molar-refractivity contribution in [2.75, 3.05) is 43.6 Å². The van der Waals surface area contributed by atoms with E-state index in [0.717, 1.165) is 52.4 Å². The van der Waals surface area contributed by atoms with Crippen molar-refractivity contribution in [3.63, 3.8) is 0 Å². The van der Waals surface area contributed by atoms with Crippen LogP contribution in [-0.4, -0.2) is 63.1 Å². The molecule has 0 saturated carbocycles. The van der Waals surface area contributed by atoms with Gasteiger partial charge < -0.3 is 19.7 Å². The number of ether oxygens (including phenoxy) is 2. The lowest BCUT2D eigenvalue weighted by atomic mass is 10.1. The van der Waals surface area contributed by atoms with Crippen molar-refractivity contribution in [1.29, 1.82) is 0 Å². The SMILES string of the molecule is COc1ccc(-c2ccc3cnc(Nc4ccc(-n5cnc(N6CCOCC6)n5)cc4)nc3c2)cn1. The molecule has 1 aliphatic heterocycles. The van der Waals surface area contributed by atoms with Crippen LogP contribution < -0.4 is 15.0 Å². The normalized spacial score (nSPS) is 13.6. The Morgan fingerprint density at radius 1 is 0.889 bits per heavy atom. The van der Waals surface area contributed by atoms with Gasteiger partial charge in [0.25, 0.3) is 0 Å². The van der Waals surface area contributed by atoms with Crippen LogP contribution in [0.1, 0.15) is 0 Å². The van der Waals surface area contributed by atoms with Gasteiger partial charge in [-0.15, -0.1) is 5.10 Å². The first-order valence-electron chi connectivity index (χ1n) is 11.6. The summed E-state index contributed by atoms with van der Waals surface area (Å²) in [4.78, 5) is 20.1. The second-order valence-corrected chi connectivity index (χ2v) is 8.32. The van der Waals surface area contributed by atoms with Crippen LogP contribution in [0.5, 0.6) is 5.88 Å². The highest BCUT2D eigenvalue weighted by molar-refractivity contribution is 5.84. The van der Waals surface area contributed by atoms with Gasteiger partial charge in [0.2, 0.25) is 17.8 Å². The van der Waals surface area contributed by atoms with Gasteiger partial charge in [-0.3, -0.25) is 0 Å². The van der Waals surface area contributed by atoms with E-state index in [4.69, 9.17) is 14.5 Å². The first-order valence-corrected chi connectivity index (χ1v) is 11.6. The van der Waals surface area contributed by atoms with Gasteiger partial charge in [-0.05, 0) is 42.0 Å². The van der Waals surface area contributed by atoms with Gasteiger partial charge in [-0.2, -0.15) is 4.98 Å². The maximum absolute atomic E-state index is 5.40. The summed E-state index contributed by atoms with van der Waals surface area (Å²) in [5, 5.41) is 8.86. The fourth-order valence-corrected chi connectivity index (χ4v) is 4.05. The third kappa shape index (κ3) is 4.53. The number of morpholine rings is 1. The van der Waals surface area contributed by atoms with Crippen LogP contribution in [0.15, 0.2) is 73.3 Å². The lowest BCUT2D eigenvalue weighted by Gasteiger charge is -2.25. The van der Waals surface area contributed by atoms with Crippen LogP contribution in [0.3, 0.4) is 0 Å². The van der Waals surface area contributed by atoms with Crippen molar-refractivity contribution in [3.05, 3.63) is 73.3 Å². The Morgan fingerprint density at radius 2 is 1.72 bits per heavy atom. The Morgan fingerprint density at radius 3 is 2.50 bits per heavy atom. The third-order valence-electron chi connectivity index (χ3n) is 6.02. The van der Waals surface area contributed by atoms with Crippen LogP contribution in [0.2, 0.25) is 0 Å². The number of hydrogen-bond donors (Lipinski definition) is 1. The number of nitrogens with one attached hydrogen (secondary N) is 1. The van der Waals surface area contributed by atoms with Crippen LogP contribution >= 0.6 is 0 Å². The second kappa shape index (κ2) is 9.59. The van der Waals surface area contributed by atoms with Gasteiger partial charge in [0, 0.05) is 48.2 Å². The largest absolute Gasteiger partial charge is 0.481 e. The highest BCUT2D eigenvalue weighted by Crippen LogP contribution is 2.25. The number of benzene rings is 2. The number of pyridine rings is 1. The third-order valence-corrected chi connectivity index (χ3v) is 6.02. The highest BCUT2D eigenvalue weighted by atomic mass is 16.5. The lowest BCUT2D eigenvalue weighted by molar-refractivity contribution is 0.122. The smallest absolute Gasteiger partial charge is 0.245 e. The molecule has 1 saturated heterocycles. The van der Waals surface area contributed by atoms with E-state index in [1.165, 1.54) is 0 Å². The van der Waals surface area contributed by atoms with E-state index >= 15 is 0 Å². The summed E-state index contributed by atoms with van der Waals surface area (Å²) in [5.41, 5.74) is 4.66. The maximum atomic E-state index is 5.40. The number of methoxy groups -OCH3 is 1. The van der Waals surface area contributed by atoms with E-state index in [9.17, 15) is 0 Å². The zero-order valence-electron chi connectivity index (χ0n) is 19.7. The summed E-state index contributed by atoms with van der Waals surface area (Å²) in [6.07, 6.45) is 5.34. The minimum Gasteiger partial charge on any atom is -0.481 e. The number of aromatic nitrogens is 6. The molecule has 0 atom stereocenters. The molecular formula is C26H24N8O2. The topological polar surface area (TPSA) is 103 Å². The fraction of sp³-hybridized carbons (Fsp3) is 0.192.